The number of carbonyl (C=O) groups excluding carboxylic acids is 2. The lowest BCUT2D eigenvalue weighted by molar-refractivity contribution is -0.129. The quantitative estimate of drug-likeness (QED) is 0.669. The minimum absolute atomic E-state index is 0.109. The average Bonchev–Trinajstić information content (AvgIpc) is 2.89. The number of ether oxygens (including phenoxy) is 2. The van der Waals surface area contributed by atoms with E-state index in [-0.39, 0.29) is 23.4 Å². The molecule has 1 aromatic carbocycles. The standard InChI is InChI=1S/C21H29NO5/c1-13(2)19(23)17-18(15-8-6-9-16(12-15)26-5)22(21(25)20(17)24)10-7-11-27-14(3)4/h6,8-9,12-14,18,24H,7,10-11H2,1-5H3. The average molecular weight is 375 g/mol. The molecule has 1 atom stereocenters. The summed E-state index contributed by atoms with van der Waals surface area (Å²) in [5.74, 6) is -0.893. The number of amides is 1. The predicted octanol–water partition coefficient (Wildman–Crippen LogP) is 3.43. The van der Waals surface area contributed by atoms with E-state index in [1.807, 2.05) is 26.0 Å². The number of hydrogen-bond donors (Lipinski definition) is 1. The maximum atomic E-state index is 12.8. The molecule has 0 bridgehead atoms. The Morgan fingerprint density at radius 2 is 1.96 bits per heavy atom. The predicted molar refractivity (Wildman–Crippen MR) is 103 cm³/mol. The Morgan fingerprint density at radius 1 is 1.26 bits per heavy atom. The van der Waals surface area contributed by atoms with Gasteiger partial charge in [0.25, 0.3) is 5.91 Å². The van der Waals surface area contributed by atoms with Crippen molar-refractivity contribution in [2.45, 2.75) is 46.3 Å². The van der Waals surface area contributed by atoms with Crippen LogP contribution in [0.3, 0.4) is 0 Å². The highest BCUT2D eigenvalue weighted by Crippen LogP contribution is 2.39. The number of hydrogen-bond acceptors (Lipinski definition) is 5. The van der Waals surface area contributed by atoms with Crippen LogP contribution in [0.15, 0.2) is 35.6 Å². The Labute approximate surface area is 160 Å². The molecule has 0 fully saturated rings. The van der Waals surface area contributed by atoms with E-state index in [9.17, 15) is 14.7 Å². The summed E-state index contributed by atoms with van der Waals surface area (Å²) < 4.78 is 10.8. The minimum atomic E-state index is -0.624. The van der Waals surface area contributed by atoms with Gasteiger partial charge in [0.1, 0.15) is 5.75 Å². The van der Waals surface area contributed by atoms with Crippen LogP contribution in [0.4, 0.5) is 0 Å². The molecule has 1 aliphatic heterocycles. The van der Waals surface area contributed by atoms with Crippen LogP contribution in [0.1, 0.15) is 45.7 Å². The van der Waals surface area contributed by atoms with Crippen LogP contribution in [0.2, 0.25) is 0 Å². The van der Waals surface area contributed by atoms with E-state index in [0.717, 1.165) is 5.56 Å². The Balaban J connectivity index is 2.37. The second kappa shape index (κ2) is 9.04. The number of benzene rings is 1. The molecule has 1 aromatic rings. The molecule has 1 amide bonds. The zero-order valence-electron chi connectivity index (χ0n) is 16.7. The van der Waals surface area contributed by atoms with Crippen LogP contribution in [0.25, 0.3) is 0 Å². The summed E-state index contributed by atoms with van der Waals surface area (Å²) in [6.07, 6.45) is 0.721. The van der Waals surface area contributed by atoms with Gasteiger partial charge in [-0.1, -0.05) is 26.0 Å². The summed E-state index contributed by atoms with van der Waals surface area (Å²) in [5, 5.41) is 10.5. The maximum absolute atomic E-state index is 12.8. The Kier molecular flexibility index (Phi) is 7.02. The van der Waals surface area contributed by atoms with Crippen molar-refractivity contribution >= 4 is 11.7 Å². The summed E-state index contributed by atoms with van der Waals surface area (Å²) >= 11 is 0. The second-order valence-electron chi connectivity index (χ2n) is 7.23. The van der Waals surface area contributed by atoms with E-state index < -0.39 is 17.7 Å². The fourth-order valence-corrected chi connectivity index (χ4v) is 3.16. The van der Waals surface area contributed by atoms with E-state index in [1.165, 1.54) is 0 Å². The molecule has 148 valence electrons. The van der Waals surface area contributed by atoms with Gasteiger partial charge in [-0.2, -0.15) is 0 Å². The molecule has 0 saturated carbocycles. The minimum Gasteiger partial charge on any atom is -0.503 e. The molecule has 1 aliphatic rings. The highest BCUT2D eigenvalue weighted by atomic mass is 16.5. The SMILES string of the molecule is COc1cccc(C2C(C(=O)C(C)C)=C(O)C(=O)N2CCCOC(C)C)c1. The van der Waals surface area contributed by atoms with Crippen molar-refractivity contribution in [2.75, 3.05) is 20.3 Å². The van der Waals surface area contributed by atoms with Crippen LogP contribution >= 0.6 is 0 Å². The van der Waals surface area contributed by atoms with Crippen LogP contribution in [0.5, 0.6) is 5.75 Å². The molecule has 27 heavy (non-hydrogen) atoms. The van der Waals surface area contributed by atoms with Crippen molar-refractivity contribution in [1.82, 2.24) is 4.90 Å². The topological polar surface area (TPSA) is 76.1 Å². The first kappa shape index (κ1) is 21.0. The molecule has 0 aromatic heterocycles. The summed E-state index contributed by atoms with van der Waals surface area (Å²) in [5.41, 5.74) is 0.897. The monoisotopic (exact) mass is 375 g/mol. The number of carbonyl (C=O) groups is 2. The fourth-order valence-electron chi connectivity index (χ4n) is 3.16. The van der Waals surface area contributed by atoms with Crippen LogP contribution in [-0.4, -0.2) is 48.1 Å². The smallest absolute Gasteiger partial charge is 0.290 e. The van der Waals surface area contributed by atoms with Crippen molar-refractivity contribution in [3.63, 3.8) is 0 Å². The Morgan fingerprint density at radius 3 is 2.56 bits per heavy atom. The van der Waals surface area contributed by atoms with Gasteiger partial charge in [-0.15, -0.1) is 0 Å². The molecule has 1 N–H and O–H groups in total. The first-order valence-corrected chi connectivity index (χ1v) is 9.31. The van der Waals surface area contributed by atoms with E-state index in [0.29, 0.717) is 25.3 Å². The lowest BCUT2D eigenvalue weighted by atomic mass is 9.91. The fraction of sp³-hybridized carbons (Fsp3) is 0.524. The summed E-state index contributed by atoms with van der Waals surface area (Å²) in [4.78, 5) is 27.0. The van der Waals surface area contributed by atoms with Crippen molar-refractivity contribution in [3.8, 4) is 5.75 Å². The third-order valence-electron chi connectivity index (χ3n) is 4.50. The molecule has 1 unspecified atom stereocenters. The van der Waals surface area contributed by atoms with Gasteiger partial charge in [0.15, 0.2) is 11.5 Å². The highest BCUT2D eigenvalue weighted by Gasteiger charge is 2.43. The third-order valence-corrected chi connectivity index (χ3v) is 4.50. The van der Waals surface area contributed by atoms with Gasteiger partial charge in [0.2, 0.25) is 0 Å². The van der Waals surface area contributed by atoms with Gasteiger partial charge in [-0.3, -0.25) is 9.59 Å². The number of aliphatic hydroxyl groups excluding tert-OH is 1. The Bertz CT molecular complexity index is 723. The molecule has 6 heteroatoms. The summed E-state index contributed by atoms with van der Waals surface area (Å²) in [6.45, 7) is 8.30. The number of ketones is 1. The number of Topliss-reactive ketones (excluding diaryl/α,β-unsaturated/α-hetero) is 1. The maximum Gasteiger partial charge on any atom is 0.290 e. The third kappa shape index (κ3) is 4.69. The summed E-state index contributed by atoms with van der Waals surface area (Å²) in [7, 11) is 1.56. The Hall–Kier alpha value is -2.34. The van der Waals surface area contributed by atoms with Gasteiger partial charge >= 0.3 is 0 Å². The first-order chi connectivity index (χ1) is 12.8. The van der Waals surface area contributed by atoms with Gasteiger partial charge in [-0.05, 0) is 38.0 Å². The largest absolute Gasteiger partial charge is 0.503 e. The van der Waals surface area contributed by atoms with E-state index in [4.69, 9.17) is 9.47 Å². The molecule has 0 saturated heterocycles. The van der Waals surface area contributed by atoms with Crippen molar-refractivity contribution in [1.29, 1.82) is 0 Å². The van der Waals surface area contributed by atoms with Crippen molar-refractivity contribution in [2.24, 2.45) is 5.92 Å². The number of methoxy groups -OCH3 is 1. The van der Waals surface area contributed by atoms with Gasteiger partial charge < -0.3 is 19.5 Å². The number of nitrogens with zero attached hydrogens (tertiary/aromatic N) is 1. The molecular weight excluding hydrogens is 346 g/mol. The van der Waals surface area contributed by atoms with Crippen LogP contribution in [0, 0.1) is 5.92 Å². The second-order valence-corrected chi connectivity index (χ2v) is 7.23. The van der Waals surface area contributed by atoms with E-state index in [1.54, 1.807) is 38.0 Å². The molecular formula is C21H29NO5. The summed E-state index contributed by atoms with van der Waals surface area (Å²) in [6, 6.07) is 6.62. The zero-order chi connectivity index (χ0) is 20.1. The molecule has 0 radical (unpaired) electrons. The molecule has 1 heterocycles. The van der Waals surface area contributed by atoms with Gasteiger partial charge in [-0.25, -0.2) is 0 Å². The van der Waals surface area contributed by atoms with Crippen molar-refractivity contribution in [3.05, 3.63) is 41.2 Å². The van der Waals surface area contributed by atoms with E-state index >= 15 is 0 Å². The normalized spacial score (nSPS) is 17.4. The zero-order valence-corrected chi connectivity index (χ0v) is 16.7. The molecule has 0 aliphatic carbocycles. The number of rotatable bonds is 9. The molecule has 6 nitrogen and oxygen atoms in total. The van der Waals surface area contributed by atoms with Crippen molar-refractivity contribution < 1.29 is 24.2 Å². The number of aliphatic hydroxyl groups is 1. The lowest BCUT2D eigenvalue weighted by Crippen LogP contribution is -2.33. The van der Waals surface area contributed by atoms with Crippen LogP contribution in [-0.2, 0) is 14.3 Å². The highest BCUT2D eigenvalue weighted by molar-refractivity contribution is 6.09. The van der Waals surface area contributed by atoms with Gasteiger partial charge in [0.05, 0.1) is 24.8 Å². The lowest BCUT2D eigenvalue weighted by Gasteiger charge is -2.27. The van der Waals surface area contributed by atoms with E-state index in [2.05, 4.69) is 0 Å². The first-order valence-electron chi connectivity index (χ1n) is 9.31. The molecule has 0 spiro atoms. The molecule has 2 rings (SSSR count). The van der Waals surface area contributed by atoms with Crippen LogP contribution < -0.4 is 4.74 Å². The van der Waals surface area contributed by atoms with Gasteiger partial charge in [0, 0.05) is 19.1 Å².